The first kappa shape index (κ1) is 12.6. The fourth-order valence-corrected chi connectivity index (χ4v) is 1.52. The normalized spacial score (nSPS) is 10.1. The Balaban J connectivity index is 2.03. The predicted octanol–water partition coefficient (Wildman–Crippen LogP) is 3.11. The molecule has 1 aromatic heterocycles. The van der Waals surface area contributed by atoms with Crippen molar-refractivity contribution in [2.24, 2.45) is 0 Å². The molecule has 0 atom stereocenters. The number of hydrogen-bond donors (Lipinski definition) is 0. The third-order valence-electron chi connectivity index (χ3n) is 2.21. The summed E-state index contributed by atoms with van der Waals surface area (Å²) in [5, 5.41) is 8.04. The number of para-hydroxylation sites is 2. The van der Waals surface area contributed by atoms with Gasteiger partial charge in [0.25, 0.3) is 0 Å². The van der Waals surface area contributed by atoms with E-state index in [1.54, 1.807) is 12.1 Å². The van der Waals surface area contributed by atoms with Gasteiger partial charge in [-0.25, -0.2) is 0 Å². The molecule has 0 radical (unpaired) electrons. The molecule has 0 aliphatic carbocycles. The number of benzene rings is 1. The van der Waals surface area contributed by atoms with Gasteiger partial charge in [0.1, 0.15) is 12.3 Å². The molecule has 0 N–H and O–H groups in total. The largest absolute Gasteiger partial charge is 0.490 e. The van der Waals surface area contributed by atoms with E-state index in [9.17, 15) is 0 Å². The second-order valence-electron chi connectivity index (χ2n) is 3.52. The Labute approximate surface area is 111 Å². The van der Waals surface area contributed by atoms with Crippen molar-refractivity contribution in [1.82, 2.24) is 10.2 Å². The van der Waals surface area contributed by atoms with Crippen LogP contribution in [0.25, 0.3) is 0 Å². The van der Waals surface area contributed by atoms with Gasteiger partial charge in [-0.1, -0.05) is 23.7 Å². The van der Waals surface area contributed by atoms with Crippen LogP contribution in [-0.2, 0) is 6.61 Å². The Bertz CT molecular complexity index is 503. The second kappa shape index (κ2) is 6.21. The Kier molecular flexibility index (Phi) is 4.36. The van der Waals surface area contributed by atoms with E-state index < -0.39 is 0 Å². The van der Waals surface area contributed by atoms with Crippen molar-refractivity contribution in [2.75, 3.05) is 6.61 Å². The summed E-state index contributed by atoms with van der Waals surface area (Å²) in [6.07, 6.45) is 0. The van der Waals surface area contributed by atoms with E-state index in [1.165, 1.54) is 0 Å². The van der Waals surface area contributed by atoms with E-state index in [2.05, 4.69) is 10.2 Å². The van der Waals surface area contributed by atoms with Crippen molar-refractivity contribution < 1.29 is 9.47 Å². The lowest BCUT2D eigenvalue weighted by atomic mass is 10.3. The zero-order valence-corrected chi connectivity index (χ0v) is 10.7. The molecule has 1 aromatic carbocycles. The zero-order chi connectivity index (χ0) is 12.8. The van der Waals surface area contributed by atoms with Gasteiger partial charge in [-0.2, -0.15) is 5.10 Å². The third-order valence-corrected chi connectivity index (χ3v) is 2.41. The molecule has 94 valence electrons. The van der Waals surface area contributed by atoms with Crippen molar-refractivity contribution in [3.8, 4) is 11.5 Å². The lowest BCUT2D eigenvalue weighted by Crippen LogP contribution is -2.01. The third kappa shape index (κ3) is 3.34. The molecule has 0 fully saturated rings. The molecular formula is C13H13ClN2O2. The van der Waals surface area contributed by atoms with Crippen LogP contribution in [0.15, 0.2) is 36.4 Å². The van der Waals surface area contributed by atoms with Gasteiger partial charge in [0, 0.05) is 0 Å². The fourth-order valence-electron chi connectivity index (χ4n) is 1.42. The zero-order valence-electron chi connectivity index (χ0n) is 9.97. The van der Waals surface area contributed by atoms with Crippen molar-refractivity contribution in [2.45, 2.75) is 13.5 Å². The molecule has 0 aliphatic heterocycles. The Morgan fingerprint density at radius 2 is 1.72 bits per heavy atom. The minimum Gasteiger partial charge on any atom is -0.490 e. The van der Waals surface area contributed by atoms with Gasteiger partial charge in [0.15, 0.2) is 16.7 Å². The summed E-state index contributed by atoms with van der Waals surface area (Å²) >= 11 is 5.66. The van der Waals surface area contributed by atoms with Crippen molar-refractivity contribution >= 4 is 11.6 Å². The lowest BCUT2D eigenvalue weighted by Gasteiger charge is -2.10. The lowest BCUT2D eigenvalue weighted by molar-refractivity contribution is 0.265. The first-order chi connectivity index (χ1) is 8.79. The highest BCUT2D eigenvalue weighted by Gasteiger charge is 2.04. The number of aromatic nitrogens is 2. The standard InChI is InChI=1S/C13H13ClN2O2/c1-2-17-11-5-3-4-6-12(11)18-9-10-7-8-13(14)16-15-10/h3-8H,2,9H2,1H3. The maximum Gasteiger partial charge on any atom is 0.161 e. The summed E-state index contributed by atoms with van der Waals surface area (Å²) < 4.78 is 11.1. The quantitative estimate of drug-likeness (QED) is 0.832. The molecule has 4 nitrogen and oxygen atoms in total. The maximum absolute atomic E-state index is 5.66. The first-order valence-corrected chi connectivity index (χ1v) is 6.00. The molecular weight excluding hydrogens is 252 g/mol. The second-order valence-corrected chi connectivity index (χ2v) is 3.90. The van der Waals surface area contributed by atoms with Gasteiger partial charge in [-0.3, -0.25) is 0 Å². The number of halogens is 1. The van der Waals surface area contributed by atoms with Gasteiger partial charge in [-0.05, 0) is 31.2 Å². The van der Waals surface area contributed by atoms with Crippen molar-refractivity contribution in [3.05, 3.63) is 47.2 Å². The van der Waals surface area contributed by atoms with Gasteiger partial charge in [0.05, 0.1) is 6.61 Å². The van der Waals surface area contributed by atoms with E-state index in [0.29, 0.717) is 29.8 Å². The monoisotopic (exact) mass is 264 g/mol. The molecule has 0 saturated carbocycles. The van der Waals surface area contributed by atoms with Crippen LogP contribution in [0.3, 0.4) is 0 Å². The number of hydrogen-bond acceptors (Lipinski definition) is 4. The van der Waals surface area contributed by atoms with Crippen LogP contribution in [0.5, 0.6) is 11.5 Å². The fraction of sp³-hybridized carbons (Fsp3) is 0.231. The summed E-state index contributed by atoms with van der Waals surface area (Å²) in [6, 6.07) is 11.0. The molecule has 18 heavy (non-hydrogen) atoms. The highest BCUT2D eigenvalue weighted by atomic mass is 35.5. The predicted molar refractivity (Wildman–Crippen MR) is 69.0 cm³/mol. The van der Waals surface area contributed by atoms with E-state index in [1.807, 2.05) is 31.2 Å². The van der Waals surface area contributed by atoms with Gasteiger partial charge in [0.2, 0.25) is 0 Å². The summed E-state index contributed by atoms with van der Waals surface area (Å²) in [4.78, 5) is 0. The number of nitrogens with zero attached hydrogens (tertiary/aromatic N) is 2. The van der Waals surface area contributed by atoms with Crippen LogP contribution in [0.1, 0.15) is 12.6 Å². The van der Waals surface area contributed by atoms with Crippen LogP contribution >= 0.6 is 11.6 Å². The molecule has 0 amide bonds. The summed E-state index contributed by atoms with van der Waals surface area (Å²) in [7, 11) is 0. The maximum atomic E-state index is 5.66. The molecule has 0 aliphatic rings. The minimum atomic E-state index is 0.328. The smallest absolute Gasteiger partial charge is 0.161 e. The molecule has 0 saturated heterocycles. The van der Waals surface area contributed by atoms with E-state index in [-0.39, 0.29) is 0 Å². The van der Waals surface area contributed by atoms with Crippen LogP contribution in [0.2, 0.25) is 5.15 Å². The van der Waals surface area contributed by atoms with Gasteiger partial charge < -0.3 is 9.47 Å². The summed E-state index contributed by atoms with van der Waals surface area (Å²) in [5.41, 5.74) is 0.714. The molecule has 1 heterocycles. The molecule has 0 unspecified atom stereocenters. The van der Waals surface area contributed by atoms with Gasteiger partial charge in [-0.15, -0.1) is 5.10 Å². The Hall–Kier alpha value is -1.81. The van der Waals surface area contributed by atoms with Crippen LogP contribution in [-0.4, -0.2) is 16.8 Å². The molecule has 0 bridgehead atoms. The van der Waals surface area contributed by atoms with E-state index >= 15 is 0 Å². The number of rotatable bonds is 5. The highest BCUT2D eigenvalue weighted by molar-refractivity contribution is 6.29. The Morgan fingerprint density at radius 1 is 1.00 bits per heavy atom. The topological polar surface area (TPSA) is 44.2 Å². The molecule has 0 spiro atoms. The SMILES string of the molecule is CCOc1ccccc1OCc1ccc(Cl)nn1. The van der Waals surface area contributed by atoms with E-state index in [4.69, 9.17) is 21.1 Å². The van der Waals surface area contributed by atoms with Crippen molar-refractivity contribution in [3.63, 3.8) is 0 Å². The van der Waals surface area contributed by atoms with Gasteiger partial charge >= 0.3 is 0 Å². The molecule has 2 rings (SSSR count). The van der Waals surface area contributed by atoms with Crippen molar-refractivity contribution in [1.29, 1.82) is 0 Å². The summed E-state index contributed by atoms with van der Waals surface area (Å²) in [5.74, 6) is 1.41. The summed E-state index contributed by atoms with van der Waals surface area (Å²) in [6.45, 7) is 2.86. The average molecular weight is 265 g/mol. The van der Waals surface area contributed by atoms with E-state index in [0.717, 1.165) is 5.75 Å². The van der Waals surface area contributed by atoms with Crippen LogP contribution in [0.4, 0.5) is 0 Å². The Morgan fingerprint density at radius 3 is 2.33 bits per heavy atom. The van der Waals surface area contributed by atoms with Crippen LogP contribution < -0.4 is 9.47 Å². The minimum absolute atomic E-state index is 0.328. The average Bonchev–Trinajstić information content (AvgIpc) is 2.40. The van der Waals surface area contributed by atoms with Crippen LogP contribution in [0, 0.1) is 0 Å². The first-order valence-electron chi connectivity index (χ1n) is 5.62. The highest BCUT2D eigenvalue weighted by Crippen LogP contribution is 2.26. The molecule has 5 heteroatoms. The number of ether oxygens (including phenoxy) is 2. The molecule has 2 aromatic rings.